The number of halogens is 4. The van der Waals surface area contributed by atoms with E-state index in [1.165, 1.54) is 24.3 Å². The summed E-state index contributed by atoms with van der Waals surface area (Å²) < 4.78 is 50.3. The van der Waals surface area contributed by atoms with Crippen molar-refractivity contribution in [1.82, 2.24) is 40.5 Å². The van der Waals surface area contributed by atoms with E-state index in [0.29, 0.717) is 30.1 Å². The van der Waals surface area contributed by atoms with E-state index >= 15 is 0 Å². The Hall–Kier alpha value is -5.98. The molecule has 5 rings (SSSR count). The molecule has 5 N–H and O–H groups in total. The van der Waals surface area contributed by atoms with Crippen LogP contribution >= 0.6 is 11.6 Å². The minimum atomic E-state index is -4.64. The van der Waals surface area contributed by atoms with Gasteiger partial charge < -0.3 is 40.6 Å². The maximum atomic E-state index is 13.1. The third-order valence-electron chi connectivity index (χ3n) is 8.16. The first-order valence-corrected chi connectivity index (χ1v) is 16.9. The zero-order valence-electron chi connectivity index (χ0n) is 29.0. The van der Waals surface area contributed by atoms with Crippen LogP contribution in [0.3, 0.4) is 0 Å². The quantitative estimate of drug-likeness (QED) is 0.0822. The molecule has 3 amide bonds. The van der Waals surface area contributed by atoms with Gasteiger partial charge in [-0.25, -0.2) is 9.78 Å². The van der Waals surface area contributed by atoms with Crippen LogP contribution in [0.1, 0.15) is 41.0 Å². The van der Waals surface area contributed by atoms with Crippen LogP contribution in [0.15, 0.2) is 60.9 Å². The predicted molar refractivity (Wildman–Crippen MR) is 188 cm³/mol. The molecule has 2 aromatic carbocycles. The van der Waals surface area contributed by atoms with Crippen LogP contribution < -0.4 is 31.3 Å². The molecular formula is C34H36ClF3N10O6. The Labute approximate surface area is 311 Å². The fraction of sp³-hybridized carbons (Fsp3) is 0.353. The Kier molecular flexibility index (Phi) is 12.5. The standard InChI is InChI=1S/C34H36ClF3N10O6/c1-20-39-15-17-48(20)18-16-41-28(51)27(50)40-14-11-25(29(52)53-2)43-26(49)21-3-9-24(10-4-21)42-30-44-31(46-32(45-30)54-19-34(36,37)38)47-33(12-13-33)22-5-7-23(35)8-6-22/h3-10,15,17,25H,11-14,16,18-19H2,1-2H3,(H,40,50)(H,41,51)(H,43,49)(H2,42,44,45,46,47)/t25-/m0/s1. The van der Waals surface area contributed by atoms with Gasteiger partial charge in [-0.3, -0.25) is 14.4 Å². The molecular weight excluding hydrogens is 737 g/mol. The van der Waals surface area contributed by atoms with Crippen LogP contribution in [-0.2, 0) is 31.2 Å². The molecule has 1 saturated carbocycles. The van der Waals surface area contributed by atoms with Crippen LogP contribution in [0.5, 0.6) is 6.01 Å². The monoisotopic (exact) mass is 772 g/mol. The summed E-state index contributed by atoms with van der Waals surface area (Å²) >= 11 is 6.03. The second-order valence-corrected chi connectivity index (χ2v) is 12.5. The van der Waals surface area contributed by atoms with Crippen LogP contribution in [0, 0.1) is 6.92 Å². The predicted octanol–water partition coefficient (Wildman–Crippen LogP) is 3.41. The average molecular weight is 773 g/mol. The average Bonchev–Trinajstić information content (AvgIpc) is 3.80. The lowest BCUT2D eigenvalue weighted by Crippen LogP contribution is -2.46. The number of imidazole rings is 1. The van der Waals surface area contributed by atoms with E-state index < -0.39 is 54.1 Å². The van der Waals surface area contributed by atoms with Crippen molar-refractivity contribution in [3.8, 4) is 6.01 Å². The first-order valence-electron chi connectivity index (χ1n) is 16.5. The number of aromatic nitrogens is 5. The third kappa shape index (κ3) is 11.0. The molecule has 0 aliphatic heterocycles. The number of carbonyl (C=O) groups excluding carboxylic acids is 4. The normalized spacial score (nSPS) is 13.6. The summed E-state index contributed by atoms with van der Waals surface area (Å²) in [6, 6.07) is 11.2. The number of carbonyl (C=O) groups is 4. The molecule has 1 aliphatic carbocycles. The van der Waals surface area contributed by atoms with Crippen molar-refractivity contribution < 1.29 is 41.8 Å². The topological polar surface area (TPSA) is 203 Å². The van der Waals surface area contributed by atoms with Crippen LogP contribution in [0.4, 0.5) is 30.8 Å². The number of methoxy groups -OCH3 is 1. The SMILES string of the molecule is COC(=O)[C@H](CCNC(=O)C(=O)NCCn1ccnc1C)NC(=O)c1ccc(Nc2nc(NC3(c4ccc(Cl)cc4)CC3)nc(OCC(F)(F)F)n2)cc1. The molecule has 1 fully saturated rings. The number of hydrogen-bond donors (Lipinski definition) is 5. The first-order chi connectivity index (χ1) is 25.7. The lowest BCUT2D eigenvalue weighted by molar-refractivity contribution is -0.154. The summed E-state index contributed by atoms with van der Waals surface area (Å²) in [5, 5.41) is 14.1. The molecule has 2 aromatic heterocycles. The highest BCUT2D eigenvalue weighted by Crippen LogP contribution is 2.48. The lowest BCUT2D eigenvalue weighted by atomic mass is 10.1. The molecule has 54 heavy (non-hydrogen) atoms. The Balaban J connectivity index is 1.18. The van der Waals surface area contributed by atoms with Gasteiger partial charge in [0.2, 0.25) is 11.9 Å². The van der Waals surface area contributed by atoms with Crippen molar-refractivity contribution in [3.05, 3.63) is 82.9 Å². The maximum absolute atomic E-state index is 13.1. The molecule has 20 heteroatoms. The number of rotatable bonds is 16. The van der Waals surface area contributed by atoms with Crippen molar-refractivity contribution in [2.75, 3.05) is 37.4 Å². The van der Waals surface area contributed by atoms with Crippen molar-refractivity contribution in [3.63, 3.8) is 0 Å². The lowest BCUT2D eigenvalue weighted by Gasteiger charge is -2.19. The number of benzene rings is 2. The van der Waals surface area contributed by atoms with Crippen molar-refractivity contribution in [2.24, 2.45) is 0 Å². The zero-order chi connectivity index (χ0) is 38.9. The Morgan fingerprint density at radius 1 is 0.944 bits per heavy atom. The summed E-state index contributed by atoms with van der Waals surface area (Å²) in [6.45, 7) is 0.661. The van der Waals surface area contributed by atoms with Gasteiger partial charge >= 0.3 is 30.0 Å². The molecule has 0 radical (unpaired) electrons. The highest BCUT2D eigenvalue weighted by molar-refractivity contribution is 6.35. The summed E-state index contributed by atoms with van der Waals surface area (Å²) in [4.78, 5) is 66.3. The molecule has 1 atom stereocenters. The Morgan fingerprint density at radius 2 is 1.61 bits per heavy atom. The van der Waals surface area contributed by atoms with Gasteiger partial charge in [-0.1, -0.05) is 23.7 Å². The Bertz CT molecular complexity index is 1960. The van der Waals surface area contributed by atoms with Crippen molar-refractivity contribution >= 4 is 52.9 Å². The number of nitrogens with one attached hydrogen (secondary N) is 5. The second-order valence-electron chi connectivity index (χ2n) is 12.1. The van der Waals surface area contributed by atoms with E-state index in [9.17, 15) is 32.3 Å². The number of esters is 1. The molecule has 1 aliphatic rings. The second kappa shape index (κ2) is 17.2. The van der Waals surface area contributed by atoms with Gasteiger partial charge in [0.1, 0.15) is 11.9 Å². The molecule has 0 spiro atoms. The van der Waals surface area contributed by atoms with Gasteiger partial charge in [-0.15, -0.1) is 0 Å². The number of anilines is 3. The van der Waals surface area contributed by atoms with Crippen LogP contribution in [-0.4, -0.2) is 87.2 Å². The number of aryl methyl sites for hydroxylation is 1. The van der Waals surface area contributed by atoms with E-state index in [1.54, 1.807) is 36.0 Å². The maximum Gasteiger partial charge on any atom is 0.422 e. The summed E-state index contributed by atoms with van der Waals surface area (Å²) in [5.41, 5.74) is 0.831. The van der Waals surface area contributed by atoms with E-state index in [2.05, 4.69) is 46.5 Å². The van der Waals surface area contributed by atoms with Crippen LogP contribution in [0.2, 0.25) is 5.02 Å². The molecule has 0 unspecified atom stereocenters. The minimum Gasteiger partial charge on any atom is -0.467 e. The molecule has 0 bridgehead atoms. The molecule has 2 heterocycles. The highest BCUT2D eigenvalue weighted by atomic mass is 35.5. The fourth-order valence-electron chi connectivity index (χ4n) is 5.16. The van der Waals surface area contributed by atoms with Gasteiger partial charge in [0.25, 0.3) is 5.91 Å². The van der Waals surface area contributed by atoms with Crippen LogP contribution in [0.25, 0.3) is 0 Å². The zero-order valence-corrected chi connectivity index (χ0v) is 29.8. The van der Waals surface area contributed by atoms with Gasteiger partial charge in [0.05, 0.1) is 12.6 Å². The van der Waals surface area contributed by atoms with Gasteiger partial charge in [-0.05, 0) is 68.1 Å². The van der Waals surface area contributed by atoms with Gasteiger partial charge in [-0.2, -0.15) is 28.1 Å². The van der Waals surface area contributed by atoms with Gasteiger partial charge in [0.15, 0.2) is 6.61 Å². The molecule has 0 saturated heterocycles. The third-order valence-corrected chi connectivity index (χ3v) is 8.41. The minimum absolute atomic E-state index is 0.0283. The number of amides is 3. The highest BCUT2D eigenvalue weighted by Gasteiger charge is 2.45. The van der Waals surface area contributed by atoms with E-state index in [1.807, 2.05) is 12.1 Å². The largest absolute Gasteiger partial charge is 0.467 e. The Morgan fingerprint density at radius 3 is 2.22 bits per heavy atom. The number of nitrogens with zero attached hydrogens (tertiary/aromatic N) is 5. The van der Waals surface area contributed by atoms with E-state index in [4.69, 9.17) is 21.1 Å². The first kappa shape index (κ1) is 39.2. The smallest absolute Gasteiger partial charge is 0.422 e. The van der Waals surface area contributed by atoms with E-state index in [-0.39, 0.29) is 37.0 Å². The van der Waals surface area contributed by atoms with E-state index in [0.717, 1.165) is 18.5 Å². The molecule has 16 nitrogen and oxygen atoms in total. The summed E-state index contributed by atoms with van der Waals surface area (Å²) in [7, 11) is 1.14. The molecule has 286 valence electrons. The molecule has 4 aromatic rings. The fourth-order valence-corrected chi connectivity index (χ4v) is 5.29. The summed E-state index contributed by atoms with van der Waals surface area (Å²) in [6.07, 6.45) is 0.0619. The van der Waals surface area contributed by atoms with Crippen molar-refractivity contribution in [1.29, 1.82) is 0 Å². The van der Waals surface area contributed by atoms with Crippen molar-refractivity contribution in [2.45, 2.75) is 50.5 Å². The number of hydrogen-bond acceptors (Lipinski definition) is 12. The number of alkyl halides is 3. The van der Waals surface area contributed by atoms with Gasteiger partial charge in [0, 0.05) is 48.3 Å². The number of ether oxygens (including phenoxy) is 2. The summed E-state index contributed by atoms with van der Waals surface area (Å²) in [5.74, 6) is -2.61.